The SMILES string of the molecule is CCC(C)NC(=O)C1CC1C(=O)Nc1ccc(NC(C)=O)cc1. The minimum absolute atomic E-state index is 0.0412. The molecule has 3 unspecified atom stereocenters. The molecule has 124 valence electrons. The molecule has 1 fully saturated rings. The molecule has 23 heavy (non-hydrogen) atoms. The van der Waals surface area contributed by atoms with Gasteiger partial charge in [0.2, 0.25) is 17.7 Å². The lowest BCUT2D eigenvalue weighted by molar-refractivity contribution is -0.125. The second-order valence-corrected chi connectivity index (χ2v) is 6.01. The number of hydrogen-bond acceptors (Lipinski definition) is 3. The summed E-state index contributed by atoms with van der Waals surface area (Å²) in [6.07, 6.45) is 1.47. The number of rotatable bonds is 6. The summed E-state index contributed by atoms with van der Waals surface area (Å²) in [5.41, 5.74) is 1.32. The molecule has 0 aromatic heterocycles. The van der Waals surface area contributed by atoms with Crippen molar-refractivity contribution in [2.24, 2.45) is 11.8 Å². The Balaban J connectivity index is 1.84. The van der Waals surface area contributed by atoms with E-state index in [1.807, 2.05) is 13.8 Å². The molecule has 2 rings (SSSR count). The Morgan fingerprint density at radius 1 is 1.04 bits per heavy atom. The van der Waals surface area contributed by atoms with E-state index in [9.17, 15) is 14.4 Å². The van der Waals surface area contributed by atoms with Gasteiger partial charge >= 0.3 is 0 Å². The number of amides is 3. The molecule has 3 amide bonds. The van der Waals surface area contributed by atoms with Crippen LogP contribution >= 0.6 is 0 Å². The third-order valence-electron chi connectivity index (χ3n) is 3.94. The van der Waals surface area contributed by atoms with Gasteiger partial charge in [-0.3, -0.25) is 14.4 Å². The standard InChI is InChI=1S/C17H23N3O3/c1-4-10(2)18-16(22)14-9-15(14)17(23)20-13-7-5-12(6-8-13)19-11(3)21/h5-8,10,14-15H,4,9H2,1-3H3,(H,18,22)(H,19,21)(H,20,23). The first kappa shape index (κ1) is 17.0. The van der Waals surface area contributed by atoms with Crippen molar-refractivity contribution >= 4 is 29.1 Å². The van der Waals surface area contributed by atoms with E-state index in [0.717, 1.165) is 6.42 Å². The maximum Gasteiger partial charge on any atom is 0.228 e. The van der Waals surface area contributed by atoms with E-state index in [4.69, 9.17) is 0 Å². The molecular weight excluding hydrogens is 294 g/mol. The molecule has 0 saturated heterocycles. The largest absolute Gasteiger partial charge is 0.353 e. The monoisotopic (exact) mass is 317 g/mol. The fourth-order valence-electron chi connectivity index (χ4n) is 2.30. The van der Waals surface area contributed by atoms with Crippen LogP contribution < -0.4 is 16.0 Å². The first-order valence-electron chi connectivity index (χ1n) is 7.89. The van der Waals surface area contributed by atoms with Crippen LogP contribution in [0.25, 0.3) is 0 Å². The number of anilines is 2. The molecule has 3 N–H and O–H groups in total. The number of carbonyl (C=O) groups is 3. The molecule has 0 heterocycles. The van der Waals surface area contributed by atoms with Crippen LogP contribution in [-0.2, 0) is 14.4 Å². The van der Waals surface area contributed by atoms with E-state index in [-0.39, 0.29) is 35.6 Å². The molecule has 0 radical (unpaired) electrons. The highest BCUT2D eigenvalue weighted by Crippen LogP contribution is 2.39. The normalized spacial score (nSPS) is 20.3. The van der Waals surface area contributed by atoms with Gasteiger partial charge in [-0.2, -0.15) is 0 Å². The third kappa shape index (κ3) is 4.81. The van der Waals surface area contributed by atoms with Gasteiger partial charge in [0.25, 0.3) is 0 Å². The smallest absolute Gasteiger partial charge is 0.228 e. The Bertz CT molecular complexity index is 598. The quantitative estimate of drug-likeness (QED) is 0.751. The van der Waals surface area contributed by atoms with E-state index < -0.39 is 0 Å². The van der Waals surface area contributed by atoms with E-state index in [1.165, 1.54) is 6.92 Å². The van der Waals surface area contributed by atoms with E-state index >= 15 is 0 Å². The van der Waals surface area contributed by atoms with E-state index in [1.54, 1.807) is 24.3 Å². The summed E-state index contributed by atoms with van der Waals surface area (Å²) >= 11 is 0. The lowest BCUT2D eigenvalue weighted by atomic mass is 10.2. The first-order valence-corrected chi connectivity index (χ1v) is 7.89. The third-order valence-corrected chi connectivity index (χ3v) is 3.94. The van der Waals surface area contributed by atoms with Gasteiger partial charge in [-0.15, -0.1) is 0 Å². The van der Waals surface area contributed by atoms with Gasteiger partial charge in [-0.05, 0) is 44.0 Å². The molecule has 1 aromatic rings. The van der Waals surface area contributed by atoms with Crippen molar-refractivity contribution in [3.8, 4) is 0 Å². The van der Waals surface area contributed by atoms with Crippen LogP contribution in [0.1, 0.15) is 33.6 Å². The molecule has 0 spiro atoms. The summed E-state index contributed by atoms with van der Waals surface area (Å²) < 4.78 is 0. The van der Waals surface area contributed by atoms with Gasteiger partial charge in [0.05, 0.1) is 11.8 Å². The summed E-state index contributed by atoms with van der Waals surface area (Å²) in [7, 11) is 0. The highest BCUT2D eigenvalue weighted by molar-refractivity contribution is 5.99. The molecule has 0 bridgehead atoms. The van der Waals surface area contributed by atoms with Crippen LogP contribution in [0.3, 0.4) is 0 Å². The van der Waals surface area contributed by atoms with Gasteiger partial charge < -0.3 is 16.0 Å². The molecule has 3 atom stereocenters. The van der Waals surface area contributed by atoms with Crippen molar-refractivity contribution in [1.29, 1.82) is 0 Å². The topological polar surface area (TPSA) is 87.3 Å². The average molecular weight is 317 g/mol. The minimum atomic E-state index is -0.255. The Morgan fingerprint density at radius 3 is 2.09 bits per heavy atom. The van der Waals surface area contributed by atoms with Crippen molar-refractivity contribution in [2.45, 2.75) is 39.7 Å². The fraction of sp³-hybridized carbons (Fsp3) is 0.471. The van der Waals surface area contributed by atoms with Crippen molar-refractivity contribution in [2.75, 3.05) is 10.6 Å². The molecule has 1 aliphatic rings. The van der Waals surface area contributed by atoms with Crippen molar-refractivity contribution < 1.29 is 14.4 Å². The molecule has 6 heteroatoms. The average Bonchev–Trinajstić information content (AvgIpc) is 3.29. The van der Waals surface area contributed by atoms with Crippen LogP contribution in [-0.4, -0.2) is 23.8 Å². The lowest BCUT2D eigenvalue weighted by Gasteiger charge is -2.11. The zero-order chi connectivity index (χ0) is 17.0. The molecule has 6 nitrogen and oxygen atoms in total. The summed E-state index contributed by atoms with van der Waals surface area (Å²) in [6, 6.07) is 7.02. The lowest BCUT2D eigenvalue weighted by Crippen LogP contribution is -2.34. The highest BCUT2D eigenvalue weighted by Gasteiger charge is 2.48. The molecule has 1 saturated carbocycles. The van der Waals surface area contributed by atoms with Crippen LogP contribution in [0, 0.1) is 11.8 Å². The highest BCUT2D eigenvalue weighted by atomic mass is 16.2. The predicted octanol–water partition coefficient (Wildman–Crippen LogP) is 2.13. The zero-order valence-corrected chi connectivity index (χ0v) is 13.7. The minimum Gasteiger partial charge on any atom is -0.353 e. The van der Waals surface area contributed by atoms with Gasteiger partial charge in [-0.25, -0.2) is 0 Å². The summed E-state index contributed by atoms with van der Waals surface area (Å²) in [5, 5.41) is 8.37. The summed E-state index contributed by atoms with van der Waals surface area (Å²) in [6.45, 7) is 5.39. The maximum atomic E-state index is 12.1. The molecule has 1 aliphatic carbocycles. The van der Waals surface area contributed by atoms with E-state index in [2.05, 4.69) is 16.0 Å². The van der Waals surface area contributed by atoms with Crippen LogP contribution in [0.5, 0.6) is 0 Å². The summed E-state index contributed by atoms with van der Waals surface area (Å²) in [4.78, 5) is 35.1. The Kier molecular flexibility index (Phi) is 5.36. The second kappa shape index (κ2) is 7.26. The number of benzene rings is 1. The van der Waals surface area contributed by atoms with Crippen molar-refractivity contribution in [3.05, 3.63) is 24.3 Å². The van der Waals surface area contributed by atoms with Crippen LogP contribution in [0.2, 0.25) is 0 Å². The van der Waals surface area contributed by atoms with Crippen molar-refractivity contribution in [1.82, 2.24) is 5.32 Å². The van der Waals surface area contributed by atoms with Gasteiger partial charge in [0.15, 0.2) is 0 Å². The zero-order valence-electron chi connectivity index (χ0n) is 13.7. The van der Waals surface area contributed by atoms with Crippen molar-refractivity contribution in [3.63, 3.8) is 0 Å². The van der Waals surface area contributed by atoms with Crippen LogP contribution in [0.15, 0.2) is 24.3 Å². The Hall–Kier alpha value is -2.37. The maximum absolute atomic E-state index is 12.1. The molecular formula is C17H23N3O3. The fourth-order valence-corrected chi connectivity index (χ4v) is 2.30. The van der Waals surface area contributed by atoms with E-state index in [0.29, 0.717) is 17.8 Å². The van der Waals surface area contributed by atoms with Gasteiger partial charge in [0, 0.05) is 24.3 Å². The molecule has 0 aliphatic heterocycles. The van der Waals surface area contributed by atoms with Gasteiger partial charge in [0.1, 0.15) is 0 Å². The first-order chi connectivity index (χ1) is 10.9. The van der Waals surface area contributed by atoms with Gasteiger partial charge in [-0.1, -0.05) is 6.92 Å². The Labute approximate surface area is 136 Å². The number of hydrogen-bond donors (Lipinski definition) is 3. The second-order valence-electron chi connectivity index (χ2n) is 6.01. The van der Waals surface area contributed by atoms with Crippen LogP contribution in [0.4, 0.5) is 11.4 Å². The molecule has 1 aromatic carbocycles. The Morgan fingerprint density at radius 2 is 1.57 bits per heavy atom. The predicted molar refractivity (Wildman–Crippen MR) is 88.9 cm³/mol. The summed E-state index contributed by atoms with van der Waals surface area (Å²) in [5.74, 6) is -0.797. The number of carbonyl (C=O) groups excluding carboxylic acids is 3. The number of nitrogens with one attached hydrogen (secondary N) is 3.